The van der Waals surface area contributed by atoms with Crippen molar-refractivity contribution in [2.75, 3.05) is 26.8 Å². The lowest BCUT2D eigenvalue weighted by Crippen LogP contribution is -2.42. The van der Waals surface area contributed by atoms with E-state index < -0.39 is 0 Å². The van der Waals surface area contributed by atoms with Gasteiger partial charge in [-0.25, -0.2) is 0 Å². The highest BCUT2D eigenvalue weighted by atomic mass is 16.5. The Bertz CT molecular complexity index is 213. The van der Waals surface area contributed by atoms with E-state index in [9.17, 15) is 4.79 Å². The Hall–Kier alpha value is -0.610. The fourth-order valence-electron chi connectivity index (χ4n) is 2.37. The minimum Gasteiger partial charge on any atom is -0.383 e. The summed E-state index contributed by atoms with van der Waals surface area (Å²) in [5.41, 5.74) is 0. The first kappa shape index (κ1) is 14.5. The van der Waals surface area contributed by atoms with Crippen molar-refractivity contribution < 1.29 is 9.53 Å². The number of methoxy groups -OCH3 is 1. The molecule has 1 amide bonds. The van der Waals surface area contributed by atoms with Gasteiger partial charge in [0.15, 0.2) is 0 Å². The van der Waals surface area contributed by atoms with Gasteiger partial charge in [-0.2, -0.15) is 0 Å². The summed E-state index contributed by atoms with van der Waals surface area (Å²) in [7, 11) is 1.66. The average molecular weight is 242 g/mol. The molecule has 17 heavy (non-hydrogen) atoms. The van der Waals surface area contributed by atoms with Gasteiger partial charge in [-0.3, -0.25) is 4.79 Å². The first-order valence-corrected chi connectivity index (χ1v) is 6.75. The molecule has 0 atom stereocenters. The molecule has 0 spiro atoms. The van der Waals surface area contributed by atoms with Crippen LogP contribution in [-0.2, 0) is 9.53 Å². The summed E-state index contributed by atoms with van der Waals surface area (Å²) in [6.07, 6.45) is 6.08. The molecule has 0 aliphatic heterocycles. The highest BCUT2D eigenvalue weighted by molar-refractivity contribution is 5.78. The number of ether oxygens (including phenoxy) is 1. The van der Waals surface area contributed by atoms with Crippen molar-refractivity contribution in [1.29, 1.82) is 0 Å². The van der Waals surface area contributed by atoms with Crippen LogP contribution in [0.4, 0.5) is 0 Å². The van der Waals surface area contributed by atoms with E-state index in [4.69, 9.17) is 4.74 Å². The van der Waals surface area contributed by atoms with Gasteiger partial charge in [0.25, 0.3) is 0 Å². The predicted molar refractivity (Wildman–Crippen MR) is 68.9 cm³/mol. The summed E-state index contributed by atoms with van der Waals surface area (Å²) in [5.74, 6) is 0.990. The second-order valence-electron chi connectivity index (χ2n) is 4.86. The summed E-state index contributed by atoms with van der Waals surface area (Å²) >= 11 is 0. The van der Waals surface area contributed by atoms with E-state index in [1.165, 1.54) is 19.3 Å². The molecule has 1 saturated carbocycles. The van der Waals surface area contributed by atoms with E-state index in [0.29, 0.717) is 19.2 Å². The zero-order valence-corrected chi connectivity index (χ0v) is 11.1. The summed E-state index contributed by atoms with van der Waals surface area (Å²) in [4.78, 5) is 11.6. The van der Waals surface area contributed by atoms with Crippen LogP contribution in [0.3, 0.4) is 0 Å². The SMILES string of the molecule is CCC1CCC(NC(=O)CNCCOC)CC1. The monoisotopic (exact) mass is 242 g/mol. The Morgan fingerprint density at radius 3 is 2.59 bits per heavy atom. The molecule has 1 aliphatic carbocycles. The van der Waals surface area contributed by atoms with Crippen LogP contribution in [0.15, 0.2) is 0 Å². The third-order valence-corrected chi connectivity index (χ3v) is 3.56. The maximum atomic E-state index is 11.6. The van der Waals surface area contributed by atoms with Crippen molar-refractivity contribution in [3.8, 4) is 0 Å². The Labute approximate surface area is 104 Å². The van der Waals surface area contributed by atoms with Gasteiger partial charge in [-0.1, -0.05) is 13.3 Å². The van der Waals surface area contributed by atoms with E-state index >= 15 is 0 Å². The third-order valence-electron chi connectivity index (χ3n) is 3.56. The molecule has 1 fully saturated rings. The molecular formula is C13H26N2O2. The second kappa shape index (κ2) is 8.48. The van der Waals surface area contributed by atoms with E-state index in [1.54, 1.807) is 7.11 Å². The first-order chi connectivity index (χ1) is 8.26. The summed E-state index contributed by atoms with van der Waals surface area (Å²) < 4.78 is 4.90. The molecule has 0 unspecified atom stereocenters. The lowest BCUT2D eigenvalue weighted by Gasteiger charge is -2.28. The Balaban J connectivity index is 2.06. The number of carbonyl (C=O) groups excluding carboxylic acids is 1. The number of nitrogens with one attached hydrogen (secondary N) is 2. The fourth-order valence-corrected chi connectivity index (χ4v) is 2.37. The van der Waals surface area contributed by atoms with Crippen molar-refractivity contribution in [2.24, 2.45) is 5.92 Å². The van der Waals surface area contributed by atoms with Crippen LogP contribution < -0.4 is 10.6 Å². The normalized spacial score (nSPS) is 24.6. The van der Waals surface area contributed by atoms with Crippen molar-refractivity contribution in [3.05, 3.63) is 0 Å². The van der Waals surface area contributed by atoms with E-state index in [1.807, 2.05) is 0 Å². The summed E-state index contributed by atoms with van der Waals surface area (Å²) in [6, 6.07) is 0.398. The fraction of sp³-hybridized carbons (Fsp3) is 0.923. The molecule has 0 aromatic rings. The Kier molecular flexibility index (Phi) is 7.21. The van der Waals surface area contributed by atoms with Crippen molar-refractivity contribution in [3.63, 3.8) is 0 Å². The lowest BCUT2D eigenvalue weighted by atomic mass is 9.84. The molecule has 4 nitrogen and oxygen atoms in total. The van der Waals surface area contributed by atoms with Crippen LogP contribution in [0.2, 0.25) is 0 Å². The quantitative estimate of drug-likeness (QED) is 0.662. The van der Waals surface area contributed by atoms with Gasteiger partial charge >= 0.3 is 0 Å². The van der Waals surface area contributed by atoms with Gasteiger partial charge in [0, 0.05) is 19.7 Å². The van der Waals surface area contributed by atoms with Gasteiger partial charge in [0.2, 0.25) is 5.91 Å². The summed E-state index contributed by atoms with van der Waals surface area (Å²) in [5, 5.41) is 6.16. The van der Waals surface area contributed by atoms with Gasteiger partial charge in [0.05, 0.1) is 13.2 Å². The highest BCUT2D eigenvalue weighted by Crippen LogP contribution is 2.26. The van der Waals surface area contributed by atoms with Gasteiger partial charge < -0.3 is 15.4 Å². The number of amides is 1. The Morgan fingerprint density at radius 1 is 1.29 bits per heavy atom. The van der Waals surface area contributed by atoms with E-state index in [-0.39, 0.29) is 5.91 Å². The molecule has 1 aliphatic rings. The molecule has 0 radical (unpaired) electrons. The van der Waals surface area contributed by atoms with Crippen LogP contribution in [-0.4, -0.2) is 38.8 Å². The minimum absolute atomic E-state index is 0.112. The highest BCUT2D eigenvalue weighted by Gasteiger charge is 2.20. The molecule has 0 aromatic heterocycles. The number of rotatable bonds is 7. The van der Waals surface area contributed by atoms with E-state index in [2.05, 4.69) is 17.6 Å². The van der Waals surface area contributed by atoms with Crippen molar-refractivity contribution in [1.82, 2.24) is 10.6 Å². The zero-order chi connectivity index (χ0) is 12.5. The van der Waals surface area contributed by atoms with Crippen LogP contribution in [0.1, 0.15) is 39.0 Å². The predicted octanol–water partition coefficient (Wildman–Crippen LogP) is 1.31. The largest absolute Gasteiger partial charge is 0.383 e. The van der Waals surface area contributed by atoms with Gasteiger partial charge in [-0.05, 0) is 31.6 Å². The molecule has 4 heteroatoms. The first-order valence-electron chi connectivity index (χ1n) is 6.75. The van der Waals surface area contributed by atoms with Crippen LogP contribution in [0, 0.1) is 5.92 Å². The molecule has 0 heterocycles. The van der Waals surface area contributed by atoms with E-state index in [0.717, 1.165) is 25.3 Å². The summed E-state index contributed by atoms with van der Waals surface area (Å²) in [6.45, 7) is 4.03. The standard InChI is InChI=1S/C13H26N2O2/c1-3-11-4-6-12(7-5-11)15-13(16)10-14-8-9-17-2/h11-12,14H,3-10H2,1-2H3,(H,15,16). The topological polar surface area (TPSA) is 50.4 Å². The lowest BCUT2D eigenvalue weighted by molar-refractivity contribution is -0.121. The van der Waals surface area contributed by atoms with Crippen molar-refractivity contribution in [2.45, 2.75) is 45.1 Å². The second-order valence-corrected chi connectivity index (χ2v) is 4.86. The average Bonchev–Trinajstić information content (AvgIpc) is 2.36. The van der Waals surface area contributed by atoms with Gasteiger partial charge in [0.1, 0.15) is 0 Å². The molecule has 0 bridgehead atoms. The smallest absolute Gasteiger partial charge is 0.234 e. The maximum absolute atomic E-state index is 11.6. The zero-order valence-electron chi connectivity index (χ0n) is 11.1. The maximum Gasteiger partial charge on any atom is 0.234 e. The number of carbonyl (C=O) groups is 1. The molecule has 0 saturated heterocycles. The van der Waals surface area contributed by atoms with Crippen LogP contribution >= 0.6 is 0 Å². The number of hydrogen-bond donors (Lipinski definition) is 2. The Morgan fingerprint density at radius 2 is 2.00 bits per heavy atom. The van der Waals surface area contributed by atoms with Crippen LogP contribution in [0.25, 0.3) is 0 Å². The third kappa shape index (κ3) is 6.03. The molecular weight excluding hydrogens is 216 g/mol. The molecule has 0 aromatic carbocycles. The van der Waals surface area contributed by atoms with Crippen molar-refractivity contribution >= 4 is 5.91 Å². The molecule has 1 rings (SSSR count). The molecule has 100 valence electrons. The molecule has 2 N–H and O–H groups in total. The number of hydrogen-bond acceptors (Lipinski definition) is 3. The van der Waals surface area contributed by atoms with Gasteiger partial charge in [-0.15, -0.1) is 0 Å². The minimum atomic E-state index is 0.112. The van der Waals surface area contributed by atoms with Crippen LogP contribution in [0.5, 0.6) is 0 Å².